The van der Waals surface area contributed by atoms with Gasteiger partial charge in [0.1, 0.15) is 0 Å². The zero-order valence-electron chi connectivity index (χ0n) is 11.6. The third-order valence-corrected chi connectivity index (χ3v) is 3.33. The van der Waals surface area contributed by atoms with Crippen LogP contribution in [0, 0.1) is 0 Å². The zero-order valence-corrected chi connectivity index (χ0v) is 11.6. The molecular weight excluding hydrogens is 250 g/mol. The van der Waals surface area contributed by atoms with E-state index in [1.807, 2.05) is 29.1 Å². The van der Waals surface area contributed by atoms with E-state index < -0.39 is 0 Å². The van der Waals surface area contributed by atoms with Gasteiger partial charge in [-0.15, -0.1) is 0 Å². The van der Waals surface area contributed by atoms with Gasteiger partial charge in [-0.2, -0.15) is 5.10 Å². The minimum atomic E-state index is 0.600. The molecule has 0 unspecified atom stereocenters. The van der Waals surface area contributed by atoms with Crippen LogP contribution in [0.2, 0.25) is 0 Å². The lowest BCUT2D eigenvalue weighted by atomic mass is 10.2. The Bertz CT molecular complexity index is 584. The van der Waals surface area contributed by atoms with Crippen LogP contribution in [-0.2, 0) is 6.54 Å². The molecule has 0 bridgehead atoms. The Morgan fingerprint density at radius 1 is 1.35 bits per heavy atom. The van der Waals surface area contributed by atoms with Gasteiger partial charge in [0.2, 0.25) is 0 Å². The van der Waals surface area contributed by atoms with E-state index in [9.17, 15) is 0 Å². The molecule has 1 aromatic heterocycles. The Kier molecular flexibility index (Phi) is 3.67. The normalized spacial score (nSPS) is 15.2. The van der Waals surface area contributed by atoms with Crippen LogP contribution < -0.4 is 10.6 Å². The smallest absolute Gasteiger partial charge is 0.191 e. The minimum Gasteiger partial charge on any atom is -0.354 e. The molecule has 0 saturated heterocycles. The van der Waals surface area contributed by atoms with Crippen molar-refractivity contribution >= 4 is 5.96 Å². The SMILES string of the molecule is CN=C(NCc1ccccc1-n1cccn1)NC1CC1. The van der Waals surface area contributed by atoms with Crippen LogP contribution in [-0.4, -0.2) is 28.8 Å². The summed E-state index contributed by atoms with van der Waals surface area (Å²) in [7, 11) is 1.80. The van der Waals surface area contributed by atoms with Crippen molar-refractivity contribution in [3.8, 4) is 5.69 Å². The van der Waals surface area contributed by atoms with E-state index >= 15 is 0 Å². The van der Waals surface area contributed by atoms with Crippen LogP contribution in [0.1, 0.15) is 18.4 Å². The second kappa shape index (κ2) is 5.77. The number of hydrogen-bond acceptors (Lipinski definition) is 2. The molecule has 104 valence electrons. The fourth-order valence-corrected chi connectivity index (χ4v) is 2.09. The minimum absolute atomic E-state index is 0.600. The number of aromatic nitrogens is 2. The van der Waals surface area contributed by atoms with Gasteiger partial charge >= 0.3 is 0 Å². The average Bonchev–Trinajstić information content (AvgIpc) is 3.14. The quantitative estimate of drug-likeness (QED) is 0.656. The molecule has 5 nitrogen and oxygen atoms in total. The van der Waals surface area contributed by atoms with Gasteiger partial charge < -0.3 is 10.6 Å². The fraction of sp³-hybridized carbons (Fsp3) is 0.333. The Labute approximate surface area is 118 Å². The van der Waals surface area contributed by atoms with Gasteiger partial charge in [-0.25, -0.2) is 4.68 Å². The molecule has 0 amide bonds. The molecule has 2 aromatic rings. The topological polar surface area (TPSA) is 54.2 Å². The summed E-state index contributed by atoms with van der Waals surface area (Å²) >= 11 is 0. The summed E-state index contributed by atoms with van der Waals surface area (Å²) in [6, 6.07) is 10.8. The van der Waals surface area contributed by atoms with E-state index in [2.05, 4.69) is 32.9 Å². The zero-order chi connectivity index (χ0) is 13.8. The van der Waals surface area contributed by atoms with Crippen LogP contribution in [0.3, 0.4) is 0 Å². The number of para-hydroxylation sites is 1. The van der Waals surface area contributed by atoms with Crippen molar-refractivity contribution in [2.24, 2.45) is 4.99 Å². The van der Waals surface area contributed by atoms with Crippen molar-refractivity contribution in [1.82, 2.24) is 20.4 Å². The van der Waals surface area contributed by atoms with Crippen molar-refractivity contribution < 1.29 is 0 Å². The second-order valence-corrected chi connectivity index (χ2v) is 4.92. The summed E-state index contributed by atoms with van der Waals surface area (Å²) in [6.45, 7) is 0.725. The average molecular weight is 269 g/mol. The van der Waals surface area contributed by atoms with Gasteiger partial charge in [-0.1, -0.05) is 18.2 Å². The summed E-state index contributed by atoms with van der Waals surface area (Å²) in [5.74, 6) is 0.864. The highest BCUT2D eigenvalue weighted by Crippen LogP contribution is 2.18. The molecule has 1 aromatic carbocycles. The van der Waals surface area contributed by atoms with Gasteiger partial charge in [-0.05, 0) is 30.5 Å². The van der Waals surface area contributed by atoms with Crippen molar-refractivity contribution in [3.63, 3.8) is 0 Å². The first kappa shape index (κ1) is 12.7. The molecule has 3 rings (SSSR count). The first-order chi connectivity index (χ1) is 9.86. The molecule has 20 heavy (non-hydrogen) atoms. The van der Waals surface area contributed by atoms with Gasteiger partial charge in [0.05, 0.1) is 5.69 Å². The molecule has 0 aliphatic heterocycles. The molecular formula is C15H19N5. The first-order valence-electron chi connectivity index (χ1n) is 6.92. The van der Waals surface area contributed by atoms with Gasteiger partial charge in [0, 0.05) is 32.0 Å². The third-order valence-electron chi connectivity index (χ3n) is 3.33. The lowest BCUT2D eigenvalue weighted by Gasteiger charge is -2.13. The van der Waals surface area contributed by atoms with Gasteiger partial charge in [0.25, 0.3) is 0 Å². The van der Waals surface area contributed by atoms with Crippen molar-refractivity contribution in [1.29, 1.82) is 0 Å². The van der Waals surface area contributed by atoms with Gasteiger partial charge in [-0.3, -0.25) is 4.99 Å². The van der Waals surface area contributed by atoms with Gasteiger partial charge in [0.15, 0.2) is 5.96 Å². The molecule has 0 atom stereocenters. The Balaban J connectivity index is 1.70. The molecule has 1 aliphatic carbocycles. The Hall–Kier alpha value is -2.30. The van der Waals surface area contributed by atoms with Crippen LogP contribution >= 0.6 is 0 Å². The summed E-state index contributed by atoms with van der Waals surface area (Å²) in [6.07, 6.45) is 6.23. The van der Waals surface area contributed by atoms with E-state index in [0.29, 0.717) is 6.04 Å². The van der Waals surface area contributed by atoms with Crippen LogP contribution in [0.4, 0.5) is 0 Å². The second-order valence-electron chi connectivity index (χ2n) is 4.92. The van der Waals surface area contributed by atoms with Crippen molar-refractivity contribution in [2.45, 2.75) is 25.4 Å². The monoisotopic (exact) mass is 269 g/mol. The maximum Gasteiger partial charge on any atom is 0.191 e. The van der Waals surface area contributed by atoms with Crippen molar-refractivity contribution in [3.05, 3.63) is 48.3 Å². The summed E-state index contributed by atoms with van der Waals surface area (Å²) in [4.78, 5) is 4.25. The highest BCUT2D eigenvalue weighted by molar-refractivity contribution is 5.80. The number of rotatable bonds is 4. The van der Waals surface area contributed by atoms with Crippen LogP contribution in [0.25, 0.3) is 5.69 Å². The third kappa shape index (κ3) is 2.99. The van der Waals surface area contributed by atoms with E-state index in [4.69, 9.17) is 0 Å². The molecule has 1 saturated carbocycles. The molecule has 5 heteroatoms. The Morgan fingerprint density at radius 3 is 2.90 bits per heavy atom. The predicted octanol–water partition coefficient (Wildman–Crippen LogP) is 1.70. The first-order valence-corrected chi connectivity index (χ1v) is 6.92. The van der Waals surface area contributed by atoms with E-state index in [0.717, 1.165) is 18.2 Å². The lowest BCUT2D eigenvalue weighted by Crippen LogP contribution is -2.38. The number of nitrogens with one attached hydrogen (secondary N) is 2. The van der Waals surface area contributed by atoms with E-state index in [1.165, 1.54) is 18.4 Å². The molecule has 1 fully saturated rings. The maximum absolute atomic E-state index is 4.30. The predicted molar refractivity (Wildman–Crippen MR) is 79.9 cm³/mol. The molecule has 1 heterocycles. The van der Waals surface area contributed by atoms with E-state index in [-0.39, 0.29) is 0 Å². The number of hydrogen-bond donors (Lipinski definition) is 2. The standard InChI is InChI=1S/C15H19N5/c1-16-15(19-13-7-8-13)17-11-12-5-2-3-6-14(12)20-10-4-9-18-20/h2-6,9-10,13H,7-8,11H2,1H3,(H2,16,17,19). The lowest BCUT2D eigenvalue weighted by molar-refractivity contribution is 0.790. The molecule has 0 radical (unpaired) electrons. The largest absolute Gasteiger partial charge is 0.354 e. The Morgan fingerprint density at radius 2 is 2.20 bits per heavy atom. The van der Waals surface area contributed by atoms with Crippen LogP contribution in [0.15, 0.2) is 47.7 Å². The number of benzene rings is 1. The van der Waals surface area contributed by atoms with Crippen LogP contribution in [0.5, 0.6) is 0 Å². The number of aliphatic imine (C=N–C) groups is 1. The molecule has 0 spiro atoms. The molecule has 2 N–H and O–H groups in total. The summed E-state index contributed by atoms with van der Waals surface area (Å²) in [5, 5.41) is 11.0. The molecule has 1 aliphatic rings. The number of guanidine groups is 1. The summed E-state index contributed by atoms with van der Waals surface area (Å²) < 4.78 is 1.88. The van der Waals surface area contributed by atoms with E-state index in [1.54, 1.807) is 13.2 Å². The van der Waals surface area contributed by atoms with Crippen molar-refractivity contribution in [2.75, 3.05) is 7.05 Å². The highest BCUT2D eigenvalue weighted by atomic mass is 15.3. The fourth-order valence-electron chi connectivity index (χ4n) is 2.09. The summed E-state index contributed by atoms with van der Waals surface area (Å²) in [5.41, 5.74) is 2.28. The number of nitrogens with zero attached hydrogens (tertiary/aromatic N) is 3. The maximum atomic E-state index is 4.30. The highest BCUT2D eigenvalue weighted by Gasteiger charge is 2.22.